The zero-order valence-corrected chi connectivity index (χ0v) is 14.5. The first kappa shape index (κ1) is 20.5. The molecule has 0 spiro atoms. The second kappa shape index (κ2) is 6.75. The van der Waals surface area contributed by atoms with Gasteiger partial charge in [-0.25, -0.2) is 4.79 Å². The first-order chi connectivity index (χ1) is 11.3. The molecule has 0 aromatic heterocycles. The summed E-state index contributed by atoms with van der Waals surface area (Å²) in [5.41, 5.74) is -4.65. The van der Waals surface area contributed by atoms with E-state index in [0.29, 0.717) is 12.8 Å². The Bertz CT molecular complexity index is 530. The molecule has 2 saturated carbocycles. The van der Waals surface area contributed by atoms with E-state index in [2.05, 4.69) is 22.5 Å². The molecule has 0 aromatic carbocycles. The van der Waals surface area contributed by atoms with Crippen LogP contribution in [0.4, 0.5) is 26.3 Å². The number of hydrogen-bond acceptors (Lipinski definition) is 3. The molecule has 2 aliphatic rings. The molecule has 3 nitrogen and oxygen atoms in total. The molecule has 0 aromatic rings. The highest BCUT2D eigenvalue weighted by atomic mass is 79.9. The molecule has 144 valence electrons. The average Bonchev–Trinajstić information content (AvgIpc) is 3.03. The fourth-order valence-corrected chi connectivity index (χ4v) is 4.07. The highest BCUT2D eigenvalue weighted by molar-refractivity contribution is 9.09. The monoisotopic (exact) mass is 438 g/mol. The summed E-state index contributed by atoms with van der Waals surface area (Å²) in [6, 6.07) is 0. The summed E-state index contributed by atoms with van der Waals surface area (Å²) in [6.45, 7) is 3.46. The number of aliphatic hydroxyl groups is 1. The van der Waals surface area contributed by atoms with E-state index in [0.717, 1.165) is 0 Å². The summed E-state index contributed by atoms with van der Waals surface area (Å²) in [5, 5.41) is 9.54. The lowest BCUT2D eigenvalue weighted by atomic mass is 9.78. The Labute approximate surface area is 148 Å². The maximum Gasteiger partial charge on any atom is 0.426 e. The molecule has 4 atom stereocenters. The third-order valence-electron chi connectivity index (χ3n) is 5.09. The van der Waals surface area contributed by atoms with Crippen molar-refractivity contribution in [2.24, 2.45) is 17.8 Å². The molecule has 0 amide bonds. The smallest absolute Gasteiger partial charge is 0.426 e. The van der Waals surface area contributed by atoms with Gasteiger partial charge in [-0.1, -0.05) is 22.5 Å². The lowest BCUT2D eigenvalue weighted by Crippen LogP contribution is -2.58. The van der Waals surface area contributed by atoms with E-state index in [1.54, 1.807) is 0 Å². The topological polar surface area (TPSA) is 46.5 Å². The first-order valence-corrected chi connectivity index (χ1v) is 8.73. The number of carbonyl (C=O) groups is 1. The Kier molecular flexibility index (Phi) is 5.55. The first-order valence-electron chi connectivity index (χ1n) is 7.60. The van der Waals surface area contributed by atoms with Crippen LogP contribution in [-0.2, 0) is 9.53 Å². The van der Waals surface area contributed by atoms with E-state index in [1.807, 2.05) is 0 Å². The Morgan fingerprint density at radius 3 is 2.12 bits per heavy atom. The van der Waals surface area contributed by atoms with E-state index in [-0.39, 0.29) is 23.2 Å². The van der Waals surface area contributed by atoms with Gasteiger partial charge in [0.1, 0.15) is 6.10 Å². The van der Waals surface area contributed by atoms with Gasteiger partial charge in [-0.2, -0.15) is 26.3 Å². The van der Waals surface area contributed by atoms with Crippen molar-refractivity contribution in [3.63, 3.8) is 0 Å². The second-order valence-corrected chi connectivity index (χ2v) is 7.30. The molecule has 0 aliphatic heterocycles. The van der Waals surface area contributed by atoms with E-state index in [4.69, 9.17) is 4.74 Å². The van der Waals surface area contributed by atoms with Gasteiger partial charge in [-0.05, 0) is 43.4 Å². The van der Waals surface area contributed by atoms with Gasteiger partial charge in [-0.3, -0.25) is 0 Å². The highest BCUT2D eigenvalue weighted by Crippen LogP contribution is 2.56. The third-order valence-corrected chi connectivity index (χ3v) is 5.77. The van der Waals surface area contributed by atoms with Crippen LogP contribution < -0.4 is 0 Å². The molecule has 2 fully saturated rings. The van der Waals surface area contributed by atoms with Gasteiger partial charge in [0.05, 0.1) is 0 Å². The van der Waals surface area contributed by atoms with E-state index in [9.17, 15) is 36.2 Å². The molecular formula is C15H17BrF6O3. The summed E-state index contributed by atoms with van der Waals surface area (Å²) in [6.07, 6.45) is -13.0. The van der Waals surface area contributed by atoms with Crippen LogP contribution in [0.15, 0.2) is 12.2 Å². The zero-order valence-electron chi connectivity index (χ0n) is 13.0. The molecule has 10 heteroatoms. The minimum Gasteiger partial charge on any atom is -0.459 e. The van der Waals surface area contributed by atoms with Crippen LogP contribution in [-0.4, -0.2) is 40.5 Å². The van der Waals surface area contributed by atoms with Crippen LogP contribution >= 0.6 is 15.9 Å². The van der Waals surface area contributed by atoms with Crippen LogP contribution in [0, 0.1) is 17.8 Å². The number of esters is 1. The summed E-state index contributed by atoms with van der Waals surface area (Å²) < 4.78 is 82.5. The van der Waals surface area contributed by atoms with Crippen molar-refractivity contribution in [3.8, 4) is 0 Å². The van der Waals surface area contributed by atoms with E-state index >= 15 is 0 Å². The predicted octanol–water partition coefficient (Wildman–Crippen LogP) is 4.14. The summed E-state index contributed by atoms with van der Waals surface area (Å²) in [5.74, 6) is -2.50. The molecule has 25 heavy (non-hydrogen) atoms. The maximum atomic E-state index is 12.9. The second-order valence-electron chi connectivity index (χ2n) is 6.74. The number of rotatable bonds is 5. The number of fused-ring (bicyclic) bond motifs is 2. The van der Waals surface area contributed by atoms with Crippen molar-refractivity contribution >= 4 is 21.9 Å². The van der Waals surface area contributed by atoms with E-state index < -0.39 is 48.3 Å². The van der Waals surface area contributed by atoms with Crippen molar-refractivity contribution in [3.05, 3.63) is 12.2 Å². The number of halogens is 7. The predicted molar refractivity (Wildman–Crippen MR) is 78.8 cm³/mol. The zero-order chi connectivity index (χ0) is 19.2. The molecule has 0 radical (unpaired) electrons. The maximum absolute atomic E-state index is 12.9. The minimum absolute atomic E-state index is 0.112. The molecule has 0 heterocycles. The fourth-order valence-electron chi connectivity index (χ4n) is 3.84. The Balaban J connectivity index is 2.13. The van der Waals surface area contributed by atoms with Crippen molar-refractivity contribution in [2.45, 2.75) is 49.7 Å². The normalized spacial score (nSPS) is 29.8. The van der Waals surface area contributed by atoms with Crippen molar-refractivity contribution in [2.75, 3.05) is 5.33 Å². The van der Waals surface area contributed by atoms with Gasteiger partial charge in [0, 0.05) is 10.9 Å². The largest absolute Gasteiger partial charge is 0.459 e. The Hall–Kier alpha value is -0.770. The number of hydrogen-bond donors (Lipinski definition) is 1. The van der Waals surface area contributed by atoms with Gasteiger partial charge < -0.3 is 9.84 Å². The molecule has 1 N–H and O–H groups in total. The van der Waals surface area contributed by atoms with Gasteiger partial charge in [0.2, 0.25) is 0 Å². The molecule has 2 bridgehead atoms. The Morgan fingerprint density at radius 1 is 1.12 bits per heavy atom. The van der Waals surface area contributed by atoms with Crippen molar-refractivity contribution in [1.82, 2.24) is 0 Å². The van der Waals surface area contributed by atoms with Crippen LogP contribution in [0.3, 0.4) is 0 Å². The van der Waals surface area contributed by atoms with Crippen LogP contribution in [0.1, 0.15) is 25.7 Å². The molecule has 2 aliphatic carbocycles. The quantitative estimate of drug-likeness (QED) is 0.303. The van der Waals surface area contributed by atoms with Crippen LogP contribution in [0.5, 0.6) is 0 Å². The fraction of sp³-hybridized carbons (Fsp3) is 0.800. The lowest BCUT2D eigenvalue weighted by molar-refractivity contribution is -0.373. The summed E-state index contributed by atoms with van der Waals surface area (Å²) >= 11 is 3.02. The number of carbonyl (C=O) groups excluding carboxylic acids is 1. The van der Waals surface area contributed by atoms with Gasteiger partial charge in [0.25, 0.3) is 5.60 Å². The SMILES string of the molecule is C=C(CBr)C(=O)OC1CC2CC(CC(O)(C(F)(F)F)C(F)(F)F)C1C2. The van der Waals surface area contributed by atoms with Crippen LogP contribution in [0.2, 0.25) is 0 Å². The van der Waals surface area contributed by atoms with E-state index in [1.165, 1.54) is 0 Å². The summed E-state index contributed by atoms with van der Waals surface area (Å²) in [7, 11) is 0. The summed E-state index contributed by atoms with van der Waals surface area (Å²) in [4.78, 5) is 11.8. The Morgan fingerprint density at radius 2 is 1.68 bits per heavy atom. The van der Waals surface area contributed by atoms with Gasteiger partial charge in [-0.15, -0.1) is 0 Å². The van der Waals surface area contributed by atoms with Gasteiger partial charge in [0.15, 0.2) is 0 Å². The average molecular weight is 439 g/mol. The molecule has 2 rings (SSSR count). The number of alkyl halides is 7. The standard InChI is InChI=1S/C15H17BrF6O3/c1-7(6-16)12(23)25-11-4-8-2-9(10(11)3-8)5-13(24,14(17,18)19)15(20,21)22/h8-11,24H,1-6H2. The molecular weight excluding hydrogens is 422 g/mol. The molecule has 4 unspecified atom stereocenters. The van der Waals surface area contributed by atoms with Gasteiger partial charge >= 0.3 is 18.3 Å². The lowest BCUT2D eigenvalue weighted by Gasteiger charge is -2.38. The van der Waals surface area contributed by atoms with Crippen molar-refractivity contribution < 1.29 is 41.0 Å². The van der Waals surface area contributed by atoms with Crippen molar-refractivity contribution in [1.29, 1.82) is 0 Å². The molecule has 0 saturated heterocycles. The highest BCUT2D eigenvalue weighted by Gasteiger charge is 2.71. The van der Waals surface area contributed by atoms with Crippen LogP contribution in [0.25, 0.3) is 0 Å². The minimum atomic E-state index is -5.83. The number of ether oxygens (including phenoxy) is 1. The third kappa shape index (κ3) is 3.84.